The third kappa shape index (κ3) is 5.32. The number of hydrogen-bond donors (Lipinski definition) is 1. The number of nitrogens with zero attached hydrogens (tertiary/aromatic N) is 3. The number of aromatic nitrogens is 3. The first-order valence-electron chi connectivity index (χ1n) is 10.0. The summed E-state index contributed by atoms with van der Waals surface area (Å²) in [6, 6.07) is 9.02. The number of nitrogens with one attached hydrogen (secondary N) is 1. The molecule has 0 radical (unpaired) electrons. The lowest BCUT2D eigenvalue weighted by Crippen LogP contribution is -2.32. The van der Waals surface area contributed by atoms with Crippen molar-refractivity contribution < 1.29 is 13.9 Å². The molecule has 0 saturated carbocycles. The number of methoxy groups -OCH3 is 1. The highest BCUT2D eigenvalue weighted by molar-refractivity contribution is 7.99. The molecule has 0 atom stereocenters. The van der Waals surface area contributed by atoms with Crippen molar-refractivity contribution in [2.24, 2.45) is 0 Å². The van der Waals surface area contributed by atoms with E-state index >= 15 is 0 Å². The number of benzene rings is 1. The second kappa shape index (κ2) is 10.1. The Bertz CT molecular complexity index is 1060. The molecule has 2 heterocycles. The summed E-state index contributed by atoms with van der Waals surface area (Å²) in [5, 5.41) is 8.21. The van der Waals surface area contributed by atoms with E-state index in [4.69, 9.17) is 20.8 Å². The van der Waals surface area contributed by atoms with Gasteiger partial charge in [0.05, 0.1) is 31.2 Å². The van der Waals surface area contributed by atoms with Crippen LogP contribution in [0.15, 0.2) is 57.9 Å². The Morgan fingerprint density at radius 1 is 1.35 bits per heavy atom. The first-order valence-corrected chi connectivity index (χ1v) is 11.4. The molecule has 0 saturated heterocycles. The Balaban J connectivity index is 1.46. The maximum atomic E-state index is 13.1. The Hall–Kier alpha value is -2.71. The Kier molecular flexibility index (Phi) is 6.99. The van der Waals surface area contributed by atoms with Crippen LogP contribution in [0.1, 0.15) is 31.4 Å². The minimum Gasteiger partial charge on any atom is -0.496 e. The molecule has 1 aromatic carbocycles. The molecule has 0 spiro atoms. The topological polar surface area (TPSA) is 84.2 Å². The minimum atomic E-state index is 0.00114. The number of ether oxygens (including phenoxy) is 1. The molecule has 0 unspecified atom stereocenters. The summed E-state index contributed by atoms with van der Waals surface area (Å²) in [7, 11) is 1.59. The molecule has 1 amide bonds. The number of rotatable bonds is 8. The highest BCUT2D eigenvalue weighted by Crippen LogP contribution is 2.31. The zero-order valence-electron chi connectivity index (χ0n) is 17.1. The summed E-state index contributed by atoms with van der Waals surface area (Å²) in [5.74, 6) is 2.17. The van der Waals surface area contributed by atoms with Gasteiger partial charge in [0.2, 0.25) is 11.1 Å². The van der Waals surface area contributed by atoms with Crippen LogP contribution in [0, 0.1) is 0 Å². The van der Waals surface area contributed by atoms with Crippen LogP contribution in [0.5, 0.6) is 5.75 Å². The number of furan rings is 1. The van der Waals surface area contributed by atoms with Crippen molar-refractivity contribution in [1.29, 1.82) is 0 Å². The lowest BCUT2D eigenvalue weighted by atomic mass is 10.0. The SMILES string of the molecule is COc1ccc(Cl)cc1-c1nc(SCC(=O)N(Cc2ccco2)C2=CCCCC2)n[nH]1. The van der Waals surface area contributed by atoms with Crippen LogP contribution in [0.25, 0.3) is 11.4 Å². The van der Waals surface area contributed by atoms with Gasteiger partial charge in [-0.2, -0.15) is 0 Å². The van der Waals surface area contributed by atoms with Crippen molar-refractivity contribution in [3.63, 3.8) is 0 Å². The van der Waals surface area contributed by atoms with Crippen LogP contribution in [-0.2, 0) is 11.3 Å². The van der Waals surface area contributed by atoms with E-state index in [2.05, 4.69) is 21.3 Å². The van der Waals surface area contributed by atoms with Gasteiger partial charge in [0, 0.05) is 10.7 Å². The number of allylic oxidation sites excluding steroid dienone is 2. The molecular formula is C22H23ClN4O3S. The summed E-state index contributed by atoms with van der Waals surface area (Å²) in [4.78, 5) is 19.4. The molecule has 0 fully saturated rings. The highest BCUT2D eigenvalue weighted by Gasteiger charge is 2.22. The zero-order chi connectivity index (χ0) is 21.6. The van der Waals surface area contributed by atoms with Crippen LogP contribution >= 0.6 is 23.4 Å². The smallest absolute Gasteiger partial charge is 0.237 e. The van der Waals surface area contributed by atoms with Gasteiger partial charge in [0.15, 0.2) is 5.82 Å². The van der Waals surface area contributed by atoms with Gasteiger partial charge in [-0.05, 0) is 56.0 Å². The molecule has 9 heteroatoms. The van der Waals surface area contributed by atoms with E-state index in [0.29, 0.717) is 33.9 Å². The Morgan fingerprint density at radius 3 is 3.00 bits per heavy atom. The van der Waals surface area contributed by atoms with E-state index < -0.39 is 0 Å². The van der Waals surface area contributed by atoms with E-state index in [0.717, 1.165) is 37.1 Å². The average Bonchev–Trinajstić information content (AvgIpc) is 3.48. The molecule has 7 nitrogen and oxygen atoms in total. The fraction of sp³-hybridized carbons (Fsp3) is 0.318. The van der Waals surface area contributed by atoms with Crippen molar-refractivity contribution in [3.8, 4) is 17.1 Å². The van der Waals surface area contributed by atoms with Crippen molar-refractivity contribution in [2.45, 2.75) is 37.4 Å². The third-order valence-electron chi connectivity index (χ3n) is 5.02. The monoisotopic (exact) mass is 458 g/mol. The molecule has 0 bridgehead atoms. The normalized spacial score (nSPS) is 13.7. The van der Waals surface area contributed by atoms with Crippen molar-refractivity contribution in [2.75, 3.05) is 12.9 Å². The summed E-state index contributed by atoms with van der Waals surface area (Å²) in [5.41, 5.74) is 1.78. The quantitative estimate of drug-likeness (QED) is 0.461. The lowest BCUT2D eigenvalue weighted by Gasteiger charge is -2.26. The van der Waals surface area contributed by atoms with Crippen LogP contribution in [-0.4, -0.2) is 38.9 Å². The van der Waals surface area contributed by atoms with E-state index in [1.54, 1.807) is 31.6 Å². The predicted octanol–water partition coefficient (Wildman–Crippen LogP) is 5.31. The molecule has 162 valence electrons. The zero-order valence-corrected chi connectivity index (χ0v) is 18.7. The maximum Gasteiger partial charge on any atom is 0.237 e. The molecule has 3 aromatic rings. The van der Waals surface area contributed by atoms with E-state index in [-0.39, 0.29) is 11.7 Å². The van der Waals surface area contributed by atoms with E-state index in [1.807, 2.05) is 17.0 Å². The summed E-state index contributed by atoms with van der Waals surface area (Å²) >= 11 is 7.40. The summed E-state index contributed by atoms with van der Waals surface area (Å²) < 4.78 is 10.9. The van der Waals surface area contributed by atoms with Crippen LogP contribution < -0.4 is 4.74 Å². The van der Waals surface area contributed by atoms with Crippen molar-refractivity contribution >= 4 is 29.3 Å². The van der Waals surface area contributed by atoms with Crippen LogP contribution in [0.2, 0.25) is 5.02 Å². The second-order valence-corrected chi connectivity index (χ2v) is 8.48. The molecule has 1 N–H and O–H groups in total. The molecule has 0 aliphatic heterocycles. The first-order chi connectivity index (χ1) is 15.1. The fourth-order valence-electron chi connectivity index (χ4n) is 3.48. The number of aromatic amines is 1. The van der Waals surface area contributed by atoms with Gasteiger partial charge in [-0.15, -0.1) is 5.10 Å². The number of hydrogen-bond acceptors (Lipinski definition) is 6. The fourth-order valence-corrected chi connectivity index (χ4v) is 4.32. The lowest BCUT2D eigenvalue weighted by molar-refractivity contribution is -0.127. The van der Waals surface area contributed by atoms with Gasteiger partial charge in [-0.1, -0.05) is 29.4 Å². The van der Waals surface area contributed by atoms with Crippen LogP contribution in [0.3, 0.4) is 0 Å². The Labute approximate surface area is 189 Å². The van der Waals surface area contributed by atoms with Gasteiger partial charge in [-0.3, -0.25) is 9.89 Å². The highest BCUT2D eigenvalue weighted by atomic mass is 35.5. The largest absolute Gasteiger partial charge is 0.496 e. The molecule has 1 aliphatic rings. The molecular weight excluding hydrogens is 436 g/mol. The molecule has 1 aliphatic carbocycles. The Morgan fingerprint density at radius 2 is 2.26 bits per heavy atom. The van der Waals surface area contributed by atoms with Crippen LogP contribution in [0.4, 0.5) is 0 Å². The second-order valence-electron chi connectivity index (χ2n) is 7.10. The number of thioether (sulfide) groups is 1. The van der Waals surface area contributed by atoms with Gasteiger partial charge in [0.25, 0.3) is 0 Å². The van der Waals surface area contributed by atoms with Crippen molar-refractivity contribution in [1.82, 2.24) is 20.1 Å². The van der Waals surface area contributed by atoms with Crippen molar-refractivity contribution in [3.05, 3.63) is 59.2 Å². The predicted molar refractivity (Wildman–Crippen MR) is 120 cm³/mol. The van der Waals surface area contributed by atoms with Gasteiger partial charge in [-0.25, -0.2) is 4.98 Å². The standard InChI is InChI=1S/C22H23ClN4O3S/c1-29-19-10-9-15(23)12-18(19)21-24-22(26-25-21)31-14-20(28)27(13-17-8-5-11-30-17)16-6-3-2-4-7-16/h5-6,8-12H,2-4,7,13-14H2,1H3,(H,24,25,26). The van der Waals surface area contributed by atoms with E-state index in [1.165, 1.54) is 11.8 Å². The number of halogens is 1. The number of carbonyl (C=O) groups is 1. The average molecular weight is 459 g/mol. The molecule has 31 heavy (non-hydrogen) atoms. The maximum absolute atomic E-state index is 13.1. The number of amides is 1. The minimum absolute atomic E-state index is 0.00114. The summed E-state index contributed by atoms with van der Waals surface area (Å²) in [6.07, 6.45) is 7.93. The third-order valence-corrected chi connectivity index (χ3v) is 6.08. The number of H-pyrrole nitrogens is 1. The molecule has 4 rings (SSSR count). The van der Waals surface area contributed by atoms with Gasteiger partial charge in [0.1, 0.15) is 11.5 Å². The van der Waals surface area contributed by atoms with E-state index in [9.17, 15) is 4.79 Å². The summed E-state index contributed by atoms with van der Waals surface area (Å²) in [6.45, 7) is 0.428. The molecule has 2 aromatic heterocycles. The van der Waals surface area contributed by atoms with Gasteiger partial charge >= 0.3 is 0 Å². The number of carbonyl (C=O) groups excluding carboxylic acids is 1. The van der Waals surface area contributed by atoms with Gasteiger partial charge < -0.3 is 14.1 Å². The first kappa shape index (κ1) is 21.5.